The molecule has 0 amide bonds. The van der Waals surface area contributed by atoms with E-state index in [1.54, 1.807) is 4.57 Å². The highest BCUT2D eigenvalue weighted by atomic mass is 32.2. The van der Waals surface area contributed by atoms with Crippen LogP contribution in [-0.4, -0.2) is 29.0 Å². The molecule has 0 aliphatic heterocycles. The summed E-state index contributed by atoms with van der Waals surface area (Å²) in [6, 6.07) is 2.95. The molecular weight excluding hydrogens is 325 g/mol. The minimum atomic E-state index is -3.98. The van der Waals surface area contributed by atoms with E-state index in [0.29, 0.717) is 12.5 Å². The van der Waals surface area contributed by atoms with E-state index in [-0.39, 0.29) is 10.7 Å². The van der Waals surface area contributed by atoms with E-state index in [2.05, 4.69) is 9.71 Å². The maximum absolute atomic E-state index is 13.3. The quantitative estimate of drug-likeness (QED) is 0.838. The molecule has 1 heterocycles. The summed E-state index contributed by atoms with van der Waals surface area (Å²) < 4.78 is 41.6. The molecule has 2 rings (SSSR count). The fourth-order valence-corrected chi connectivity index (χ4v) is 2.96. The number of benzene rings is 1. The Bertz CT molecular complexity index is 830. The molecular formula is C14H16FN3O4S. The third-order valence-electron chi connectivity index (χ3n) is 2.91. The second-order valence-electron chi connectivity index (χ2n) is 5.41. The third-order valence-corrected chi connectivity index (χ3v) is 4.18. The Morgan fingerprint density at radius 2 is 2.13 bits per heavy atom. The third kappa shape index (κ3) is 4.07. The maximum Gasteiger partial charge on any atom is 0.338 e. The number of aromatic nitrogens is 2. The Morgan fingerprint density at radius 1 is 1.43 bits per heavy atom. The summed E-state index contributed by atoms with van der Waals surface area (Å²) in [4.78, 5) is 14.7. The first kappa shape index (κ1) is 16.9. The van der Waals surface area contributed by atoms with Crippen LogP contribution in [0.25, 0.3) is 0 Å². The number of carbonyl (C=O) groups is 1. The molecule has 2 aromatic rings. The lowest BCUT2D eigenvalue weighted by Crippen LogP contribution is -2.14. The Morgan fingerprint density at radius 3 is 2.74 bits per heavy atom. The highest BCUT2D eigenvalue weighted by Gasteiger charge is 2.19. The molecule has 0 fully saturated rings. The lowest BCUT2D eigenvalue weighted by atomic mass is 10.2. The van der Waals surface area contributed by atoms with Gasteiger partial charge in [-0.25, -0.2) is 14.2 Å². The molecule has 0 unspecified atom stereocenters. The van der Waals surface area contributed by atoms with Gasteiger partial charge in [-0.2, -0.15) is 8.42 Å². The van der Waals surface area contributed by atoms with Gasteiger partial charge in [0.05, 0.1) is 11.9 Å². The van der Waals surface area contributed by atoms with Crippen molar-refractivity contribution in [1.29, 1.82) is 0 Å². The second-order valence-corrected chi connectivity index (χ2v) is 7.04. The minimum Gasteiger partial charge on any atom is -0.478 e. The number of nitrogens with one attached hydrogen (secondary N) is 1. The van der Waals surface area contributed by atoms with Crippen LogP contribution in [0.2, 0.25) is 0 Å². The van der Waals surface area contributed by atoms with E-state index in [1.807, 2.05) is 13.8 Å². The fourth-order valence-electron chi connectivity index (χ4n) is 1.96. The highest BCUT2D eigenvalue weighted by molar-refractivity contribution is 7.92. The summed E-state index contributed by atoms with van der Waals surface area (Å²) in [5.74, 6) is -2.10. The van der Waals surface area contributed by atoms with E-state index in [4.69, 9.17) is 5.11 Å². The molecule has 0 aliphatic carbocycles. The van der Waals surface area contributed by atoms with Crippen molar-refractivity contribution in [3.05, 3.63) is 42.1 Å². The predicted molar refractivity (Wildman–Crippen MR) is 81.2 cm³/mol. The van der Waals surface area contributed by atoms with E-state index in [9.17, 15) is 17.6 Å². The normalized spacial score (nSPS) is 11.7. The number of halogens is 1. The molecule has 9 heteroatoms. The predicted octanol–water partition coefficient (Wildman–Crippen LogP) is 2.18. The molecule has 0 saturated carbocycles. The van der Waals surface area contributed by atoms with Gasteiger partial charge in [0, 0.05) is 18.4 Å². The summed E-state index contributed by atoms with van der Waals surface area (Å²) in [6.07, 6.45) is 2.78. The van der Waals surface area contributed by atoms with Crippen molar-refractivity contribution < 1.29 is 22.7 Å². The smallest absolute Gasteiger partial charge is 0.338 e. The number of aromatic carboxylic acids is 1. The van der Waals surface area contributed by atoms with E-state index < -0.39 is 27.4 Å². The number of carboxylic acid groups (broad SMARTS) is 1. The van der Waals surface area contributed by atoms with Crippen LogP contribution in [-0.2, 0) is 16.6 Å². The molecule has 2 N–H and O–H groups in total. The van der Waals surface area contributed by atoms with Crippen LogP contribution in [0.3, 0.4) is 0 Å². The van der Waals surface area contributed by atoms with Crippen LogP contribution in [0, 0.1) is 11.7 Å². The van der Waals surface area contributed by atoms with Gasteiger partial charge >= 0.3 is 5.97 Å². The van der Waals surface area contributed by atoms with Crippen molar-refractivity contribution in [3.8, 4) is 0 Å². The second kappa shape index (κ2) is 6.37. The van der Waals surface area contributed by atoms with Crippen molar-refractivity contribution in [2.24, 2.45) is 5.92 Å². The molecule has 1 aromatic heterocycles. The van der Waals surface area contributed by atoms with Crippen LogP contribution in [0.4, 0.5) is 10.1 Å². The molecule has 0 aliphatic rings. The van der Waals surface area contributed by atoms with Crippen LogP contribution in [0.1, 0.15) is 24.2 Å². The highest BCUT2D eigenvalue weighted by Crippen LogP contribution is 2.18. The van der Waals surface area contributed by atoms with Crippen molar-refractivity contribution in [1.82, 2.24) is 9.55 Å². The van der Waals surface area contributed by atoms with E-state index in [1.165, 1.54) is 12.5 Å². The molecule has 0 spiro atoms. The fraction of sp³-hybridized carbons (Fsp3) is 0.286. The van der Waals surface area contributed by atoms with Gasteiger partial charge in [-0.1, -0.05) is 13.8 Å². The zero-order valence-electron chi connectivity index (χ0n) is 12.5. The summed E-state index contributed by atoms with van der Waals surface area (Å²) in [6.45, 7) is 4.58. The summed E-state index contributed by atoms with van der Waals surface area (Å²) in [7, 11) is -3.98. The molecule has 0 saturated heterocycles. The van der Waals surface area contributed by atoms with Gasteiger partial charge in [-0.15, -0.1) is 0 Å². The van der Waals surface area contributed by atoms with Gasteiger partial charge in [-0.05, 0) is 24.1 Å². The number of rotatable bonds is 6. The van der Waals surface area contributed by atoms with Crippen LogP contribution >= 0.6 is 0 Å². The maximum atomic E-state index is 13.3. The zero-order valence-corrected chi connectivity index (χ0v) is 13.3. The Kier molecular flexibility index (Phi) is 4.69. The van der Waals surface area contributed by atoms with Crippen LogP contribution in [0.5, 0.6) is 0 Å². The number of nitrogens with zero attached hydrogens (tertiary/aromatic N) is 2. The van der Waals surface area contributed by atoms with Gasteiger partial charge in [-0.3, -0.25) is 4.72 Å². The SMILES string of the molecule is CC(C)Cn1cnc(S(=O)(=O)Nc2ccc(F)c(C(=O)O)c2)c1. The topological polar surface area (TPSA) is 101 Å². The molecule has 7 nitrogen and oxygen atoms in total. The van der Waals surface area contributed by atoms with Crippen LogP contribution in [0.15, 0.2) is 35.7 Å². The number of hydrogen-bond acceptors (Lipinski definition) is 4. The minimum absolute atomic E-state index is 0.0535. The first-order valence-electron chi connectivity index (χ1n) is 6.76. The van der Waals surface area contributed by atoms with Gasteiger partial charge in [0.25, 0.3) is 10.0 Å². The number of imidazole rings is 1. The first-order chi connectivity index (χ1) is 10.7. The standard InChI is InChI=1S/C14H16FN3O4S/c1-9(2)6-18-7-13(16-8-18)23(21,22)17-10-3-4-12(15)11(5-10)14(19)20/h3-5,7-9,17H,6H2,1-2H3,(H,19,20). The van der Waals surface area contributed by atoms with Crippen LogP contribution < -0.4 is 4.72 Å². The number of hydrogen-bond donors (Lipinski definition) is 2. The van der Waals surface area contributed by atoms with Crippen molar-refractivity contribution in [3.63, 3.8) is 0 Å². The average Bonchev–Trinajstić information content (AvgIpc) is 2.89. The molecule has 0 radical (unpaired) electrons. The zero-order chi connectivity index (χ0) is 17.2. The van der Waals surface area contributed by atoms with Gasteiger partial charge in [0.2, 0.25) is 0 Å². The first-order valence-corrected chi connectivity index (χ1v) is 8.25. The van der Waals surface area contributed by atoms with Crippen molar-refractivity contribution >= 4 is 21.7 Å². The molecule has 0 bridgehead atoms. The summed E-state index contributed by atoms with van der Waals surface area (Å²) >= 11 is 0. The number of anilines is 1. The molecule has 124 valence electrons. The lowest BCUT2D eigenvalue weighted by Gasteiger charge is -2.07. The van der Waals surface area contributed by atoms with Gasteiger partial charge < -0.3 is 9.67 Å². The monoisotopic (exact) mass is 341 g/mol. The summed E-state index contributed by atoms with van der Waals surface area (Å²) in [5, 5.41) is 8.66. The van der Waals surface area contributed by atoms with Gasteiger partial charge in [0.1, 0.15) is 5.82 Å². The molecule has 0 atom stereocenters. The molecule has 23 heavy (non-hydrogen) atoms. The molecule has 1 aromatic carbocycles. The van der Waals surface area contributed by atoms with E-state index >= 15 is 0 Å². The van der Waals surface area contributed by atoms with Gasteiger partial charge in [0.15, 0.2) is 5.03 Å². The Hall–Kier alpha value is -2.42. The van der Waals surface area contributed by atoms with Crippen molar-refractivity contribution in [2.45, 2.75) is 25.4 Å². The summed E-state index contributed by atoms with van der Waals surface area (Å²) in [5.41, 5.74) is -0.669. The lowest BCUT2D eigenvalue weighted by molar-refractivity contribution is 0.0692. The Balaban J connectivity index is 2.26. The number of sulfonamides is 1. The Labute approximate surface area is 132 Å². The number of carboxylic acids is 1. The largest absolute Gasteiger partial charge is 0.478 e. The van der Waals surface area contributed by atoms with Crippen molar-refractivity contribution in [2.75, 3.05) is 4.72 Å². The average molecular weight is 341 g/mol. The van der Waals surface area contributed by atoms with E-state index in [0.717, 1.165) is 18.2 Å².